The second-order valence-corrected chi connectivity index (χ2v) is 13.9. The normalized spacial score (nSPS) is 14.4. The van der Waals surface area contributed by atoms with E-state index in [1.807, 2.05) is 87.7 Å². The number of ether oxygens (including phenoxy) is 2. The molecule has 2 rings (SSSR count). The largest absolute Gasteiger partial charge is 0.469 e. The van der Waals surface area contributed by atoms with Gasteiger partial charge in [0.2, 0.25) is 6.10 Å². The van der Waals surface area contributed by atoms with Crippen molar-refractivity contribution in [3.05, 3.63) is 71.8 Å². The molecule has 204 valence electrons. The smallest absolute Gasteiger partial charge is 0.340 e. The van der Waals surface area contributed by atoms with E-state index in [-0.39, 0.29) is 30.5 Å². The third-order valence-corrected chi connectivity index (χ3v) is 9.78. The van der Waals surface area contributed by atoms with Crippen LogP contribution in [0.5, 0.6) is 0 Å². The lowest BCUT2D eigenvalue weighted by Crippen LogP contribution is -2.39. The summed E-state index contributed by atoms with van der Waals surface area (Å²) in [7, 11) is -1.34. The van der Waals surface area contributed by atoms with Gasteiger partial charge in [0.05, 0.1) is 39.5 Å². The Kier molecular flexibility index (Phi) is 12.3. The number of methoxy groups -OCH3 is 2. The van der Waals surface area contributed by atoms with Gasteiger partial charge in [-0.2, -0.15) is 4.18 Å². The number of carbonyl (C=O) groups is 2. The Hall–Kier alpha value is -2.16. The Morgan fingerprint density at radius 1 is 0.838 bits per heavy atom. The summed E-state index contributed by atoms with van der Waals surface area (Å²) in [5.74, 6) is -2.26. The first kappa shape index (κ1) is 31.1. The van der Waals surface area contributed by atoms with Crippen LogP contribution in [0.15, 0.2) is 60.7 Å². The van der Waals surface area contributed by atoms with Crippen LogP contribution in [0, 0.1) is 5.92 Å². The Balaban J connectivity index is 2.29. The molecule has 0 spiro atoms. The molecule has 10 heteroatoms. The van der Waals surface area contributed by atoms with E-state index in [0.29, 0.717) is 0 Å². The van der Waals surface area contributed by atoms with Crippen LogP contribution in [0.2, 0.25) is 0 Å². The molecule has 0 fully saturated rings. The summed E-state index contributed by atoms with van der Waals surface area (Å²) < 4.78 is 41.4. The molecule has 0 heterocycles. The first-order valence-corrected chi connectivity index (χ1v) is 15.2. The highest BCUT2D eigenvalue weighted by atomic mass is 32.2. The number of rotatable bonds is 14. The van der Waals surface area contributed by atoms with Crippen molar-refractivity contribution in [1.82, 2.24) is 0 Å². The summed E-state index contributed by atoms with van der Waals surface area (Å²) in [6, 6.07) is 18.5. The van der Waals surface area contributed by atoms with Gasteiger partial charge in [0.25, 0.3) is 0 Å². The van der Waals surface area contributed by atoms with E-state index in [0.717, 1.165) is 11.1 Å². The predicted molar refractivity (Wildman–Crippen MR) is 145 cm³/mol. The van der Waals surface area contributed by atoms with Crippen LogP contribution in [-0.2, 0) is 61.2 Å². The van der Waals surface area contributed by atoms with E-state index in [9.17, 15) is 14.2 Å². The van der Waals surface area contributed by atoms with Crippen molar-refractivity contribution >= 4 is 30.7 Å². The molecule has 0 N–H and O–H groups in total. The summed E-state index contributed by atoms with van der Waals surface area (Å²) in [6.07, 6.45) is 0.432. The van der Waals surface area contributed by atoms with E-state index in [1.165, 1.54) is 14.2 Å². The van der Waals surface area contributed by atoms with Gasteiger partial charge in [-0.3, -0.25) is 9.36 Å². The second kappa shape index (κ2) is 14.7. The third-order valence-electron chi connectivity index (χ3n) is 5.61. The minimum Gasteiger partial charge on any atom is -0.469 e. The van der Waals surface area contributed by atoms with Crippen molar-refractivity contribution < 1.29 is 36.9 Å². The van der Waals surface area contributed by atoms with Crippen LogP contribution in [0.4, 0.5) is 0 Å². The average molecular weight is 554 g/mol. The van der Waals surface area contributed by atoms with Crippen LogP contribution < -0.4 is 0 Å². The lowest BCUT2D eigenvalue weighted by atomic mass is 10.0. The number of benzene rings is 2. The second-order valence-electron chi connectivity index (χ2n) is 9.44. The maximum Gasteiger partial charge on any atom is 0.340 e. The van der Waals surface area contributed by atoms with E-state index in [4.69, 9.17) is 22.7 Å². The molecule has 0 radical (unpaired) electrons. The van der Waals surface area contributed by atoms with Gasteiger partial charge in [-0.25, -0.2) is 4.79 Å². The quantitative estimate of drug-likeness (QED) is 0.176. The zero-order valence-electron chi connectivity index (χ0n) is 22.4. The van der Waals surface area contributed by atoms with Gasteiger partial charge in [-0.15, -0.1) is 0 Å². The number of carbonyl (C=O) groups excluding carboxylic acids is 2. The highest BCUT2D eigenvalue weighted by Gasteiger charge is 2.42. The molecule has 0 amide bonds. The maximum atomic E-state index is 14.0. The zero-order valence-corrected chi connectivity index (χ0v) is 24.1. The highest BCUT2D eigenvalue weighted by Crippen LogP contribution is 2.52. The Morgan fingerprint density at radius 2 is 1.30 bits per heavy atom. The molecule has 37 heavy (non-hydrogen) atoms. The fourth-order valence-electron chi connectivity index (χ4n) is 3.20. The number of hydrogen-bond acceptors (Lipinski definition) is 8. The van der Waals surface area contributed by atoms with Crippen molar-refractivity contribution in [1.29, 1.82) is 0 Å². The molecule has 0 bridgehead atoms. The van der Waals surface area contributed by atoms with E-state index in [1.54, 1.807) is 0 Å². The van der Waals surface area contributed by atoms with Crippen LogP contribution in [0.25, 0.3) is 0 Å². The molecular formula is C27H38O8PS+. The fourth-order valence-corrected chi connectivity index (χ4v) is 5.81. The van der Waals surface area contributed by atoms with Gasteiger partial charge in [-0.05, 0) is 31.9 Å². The molecular weight excluding hydrogens is 515 g/mol. The van der Waals surface area contributed by atoms with Gasteiger partial charge in [0, 0.05) is 6.42 Å². The molecule has 0 aliphatic rings. The van der Waals surface area contributed by atoms with Crippen molar-refractivity contribution in [3.63, 3.8) is 0 Å². The van der Waals surface area contributed by atoms with Crippen molar-refractivity contribution in [2.75, 3.05) is 26.6 Å². The number of esters is 2. The first-order valence-electron chi connectivity index (χ1n) is 11.9. The molecule has 1 unspecified atom stereocenters. The summed E-state index contributed by atoms with van der Waals surface area (Å²) in [5, 5.41) is 0. The SMILES string of the molecule is COC(=O)[C@@H](C[C@H](O[S+](C)C(C)(C)C)C(=O)OC)CP(=O)(OCc1ccccc1)OCc1ccccc1. The molecule has 0 aliphatic heterocycles. The zero-order chi connectivity index (χ0) is 27.5. The van der Waals surface area contributed by atoms with Gasteiger partial charge in [0.15, 0.2) is 4.75 Å². The molecule has 2 aromatic rings. The lowest BCUT2D eigenvalue weighted by Gasteiger charge is -2.25. The van der Waals surface area contributed by atoms with Crippen molar-refractivity contribution in [2.24, 2.45) is 5.92 Å². The predicted octanol–water partition coefficient (Wildman–Crippen LogP) is 5.31. The summed E-state index contributed by atoms with van der Waals surface area (Å²) >= 11 is -0.635. The Morgan fingerprint density at radius 3 is 1.70 bits per heavy atom. The minimum atomic E-state index is -3.84. The average Bonchev–Trinajstić information content (AvgIpc) is 2.89. The van der Waals surface area contributed by atoms with Crippen LogP contribution >= 0.6 is 7.60 Å². The lowest BCUT2D eigenvalue weighted by molar-refractivity contribution is -0.151. The fraction of sp³-hybridized carbons (Fsp3) is 0.481. The molecule has 2 aromatic carbocycles. The van der Waals surface area contributed by atoms with Crippen LogP contribution in [-0.4, -0.2) is 49.4 Å². The minimum absolute atomic E-state index is 0.0279. The highest BCUT2D eigenvalue weighted by molar-refractivity contribution is 7.93. The first-order chi connectivity index (χ1) is 17.5. The van der Waals surface area contributed by atoms with E-state index in [2.05, 4.69) is 0 Å². The standard InChI is InChI=1S/C27H38O8PS/c1-27(2,3)37(6)35-24(26(29)32-5)17-23(25(28)31-4)20-36(30,33-18-21-13-9-7-10-14-21)34-19-22-15-11-8-12-16-22/h7-16,23-24H,17-20H2,1-6H3/q+1/t23-,24-,37?/m0/s1. The molecule has 3 atom stereocenters. The maximum absolute atomic E-state index is 14.0. The molecule has 0 saturated heterocycles. The Bertz CT molecular complexity index is 978. The van der Waals surface area contributed by atoms with Crippen molar-refractivity contribution in [2.45, 2.75) is 51.3 Å². The molecule has 8 nitrogen and oxygen atoms in total. The monoisotopic (exact) mass is 553 g/mol. The summed E-state index contributed by atoms with van der Waals surface area (Å²) in [4.78, 5) is 25.4. The Labute approximate surface area is 223 Å². The summed E-state index contributed by atoms with van der Waals surface area (Å²) in [5.41, 5.74) is 1.60. The summed E-state index contributed by atoms with van der Waals surface area (Å²) in [6.45, 7) is 6.03. The molecule has 0 aromatic heterocycles. The third kappa shape index (κ3) is 10.6. The number of hydrogen-bond donors (Lipinski definition) is 0. The van der Waals surface area contributed by atoms with Gasteiger partial charge in [0.1, 0.15) is 17.4 Å². The van der Waals surface area contributed by atoms with E-state index >= 15 is 0 Å². The van der Waals surface area contributed by atoms with Gasteiger partial charge in [-0.1, -0.05) is 60.7 Å². The van der Waals surface area contributed by atoms with Crippen molar-refractivity contribution in [3.8, 4) is 0 Å². The molecule has 0 saturated carbocycles. The molecule has 0 aliphatic carbocycles. The van der Waals surface area contributed by atoms with Gasteiger partial charge < -0.3 is 18.5 Å². The van der Waals surface area contributed by atoms with E-state index < -0.39 is 42.7 Å². The van der Waals surface area contributed by atoms with Crippen LogP contribution in [0.1, 0.15) is 38.3 Å². The van der Waals surface area contributed by atoms with Crippen LogP contribution in [0.3, 0.4) is 0 Å². The van der Waals surface area contributed by atoms with Gasteiger partial charge >= 0.3 is 19.5 Å². The topological polar surface area (TPSA) is 97.4 Å².